The van der Waals surface area contributed by atoms with Crippen LogP contribution >= 0.6 is 0 Å². The van der Waals surface area contributed by atoms with Crippen molar-refractivity contribution in [1.82, 2.24) is 10.3 Å². The number of aryl methyl sites for hydroxylation is 1. The van der Waals surface area contributed by atoms with Gasteiger partial charge in [0, 0.05) is 19.3 Å². The molecule has 1 aliphatic heterocycles. The lowest BCUT2D eigenvalue weighted by Crippen LogP contribution is -2.40. The van der Waals surface area contributed by atoms with Crippen LogP contribution in [0.25, 0.3) is 0 Å². The molecule has 0 bridgehead atoms. The van der Waals surface area contributed by atoms with Crippen molar-refractivity contribution in [2.75, 3.05) is 31.6 Å². The highest BCUT2D eigenvalue weighted by Crippen LogP contribution is 2.25. The summed E-state index contributed by atoms with van der Waals surface area (Å²) in [6.45, 7) is 4.77. The number of anilines is 1. The Labute approximate surface area is 114 Å². The quantitative estimate of drug-likeness (QED) is 0.846. The van der Waals surface area contributed by atoms with Gasteiger partial charge >= 0.3 is 0 Å². The minimum absolute atomic E-state index is 0.392. The number of rotatable bonds is 4. The van der Waals surface area contributed by atoms with Crippen LogP contribution in [0.4, 0.5) is 5.82 Å². The summed E-state index contributed by atoms with van der Waals surface area (Å²) in [4.78, 5) is 18.2. The van der Waals surface area contributed by atoms with E-state index in [2.05, 4.69) is 15.2 Å². The van der Waals surface area contributed by atoms with E-state index in [9.17, 15) is 4.79 Å². The lowest BCUT2D eigenvalue weighted by atomic mass is 9.97. The second-order valence-electron chi connectivity index (χ2n) is 5.20. The Morgan fingerprint density at radius 3 is 3.11 bits per heavy atom. The normalized spacial score (nSPS) is 19.5. The maximum Gasteiger partial charge on any atom is 0.252 e. The standard InChI is InChI=1S/C14H22N4O/c1-10-5-6-17-14(12(10)13(15)19)18-7-3-4-11(9-18)8-16-2/h5-6,11,16H,3-4,7-9H2,1-2H3,(H2,15,19). The average Bonchev–Trinajstić information content (AvgIpc) is 2.38. The Balaban J connectivity index is 2.26. The Morgan fingerprint density at radius 2 is 2.42 bits per heavy atom. The number of piperidine rings is 1. The molecule has 1 aromatic rings. The van der Waals surface area contributed by atoms with E-state index in [1.165, 1.54) is 6.42 Å². The fraction of sp³-hybridized carbons (Fsp3) is 0.571. The van der Waals surface area contributed by atoms with Gasteiger partial charge in [-0.3, -0.25) is 4.79 Å². The van der Waals surface area contributed by atoms with Gasteiger partial charge in [-0.2, -0.15) is 0 Å². The highest BCUT2D eigenvalue weighted by Gasteiger charge is 2.24. The predicted octanol–water partition coefficient (Wildman–Crippen LogP) is 0.925. The van der Waals surface area contributed by atoms with Crippen molar-refractivity contribution >= 4 is 11.7 Å². The second kappa shape index (κ2) is 6.02. The third kappa shape index (κ3) is 3.04. The molecular weight excluding hydrogens is 240 g/mol. The first-order valence-corrected chi connectivity index (χ1v) is 6.78. The van der Waals surface area contributed by atoms with E-state index >= 15 is 0 Å². The molecule has 0 aromatic carbocycles. The summed E-state index contributed by atoms with van der Waals surface area (Å²) in [6, 6.07) is 1.83. The van der Waals surface area contributed by atoms with Crippen LogP contribution in [-0.4, -0.2) is 37.6 Å². The maximum atomic E-state index is 11.6. The zero-order chi connectivity index (χ0) is 13.8. The molecule has 0 saturated carbocycles. The van der Waals surface area contributed by atoms with Gasteiger partial charge in [0.05, 0.1) is 5.56 Å². The van der Waals surface area contributed by atoms with Crippen molar-refractivity contribution in [1.29, 1.82) is 0 Å². The molecule has 1 saturated heterocycles. The molecule has 2 heterocycles. The van der Waals surface area contributed by atoms with Gasteiger partial charge in [-0.25, -0.2) is 4.98 Å². The van der Waals surface area contributed by atoms with Gasteiger partial charge in [-0.05, 0) is 50.9 Å². The Morgan fingerprint density at radius 1 is 1.63 bits per heavy atom. The minimum atomic E-state index is -0.392. The number of nitrogens with zero attached hydrogens (tertiary/aromatic N) is 2. The molecule has 104 valence electrons. The molecule has 3 N–H and O–H groups in total. The van der Waals surface area contributed by atoms with Crippen LogP contribution in [0.5, 0.6) is 0 Å². The van der Waals surface area contributed by atoms with Crippen LogP contribution < -0.4 is 16.0 Å². The first-order valence-electron chi connectivity index (χ1n) is 6.78. The van der Waals surface area contributed by atoms with E-state index in [0.29, 0.717) is 11.5 Å². The number of carbonyl (C=O) groups is 1. The van der Waals surface area contributed by atoms with Gasteiger partial charge in [0.25, 0.3) is 5.91 Å². The summed E-state index contributed by atoms with van der Waals surface area (Å²) < 4.78 is 0. The van der Waals surface area contributed by atoms with Crippen LogP contribution in [0.15, 0.2) is 12.3 Å². The van der Waals surface area contributed by atoms with Gasteiger partial charge in [-0.1, -0.05) is 0 Å². The van der Waals surface area contributed by atoms with Gasteiger partial charge in [0.2, 0.25) is 0 Å². The highest BCUT2D eigenvalue weighted by molar-refractivity contribution is 5.99. The number of aromatic nitrogens is 1. The Hall–Kier alpha value is -1.62. The van der Waals surface area contributed by atoms with Crippen molar-refractivity contribution in [3.8, 4) is 0 Å². The number of hydrogen-bond donors (Lipinski definition) is 2. The van der Waals surface area contributed by atoms with E-state index in [1.54, 1.807) is 6.20 Å². The second-order valence-corrected chi connectivity index (χ2v) is 5.20. The van der Waals surface area contributed by atoms with Crippen LogP contribution in [0.2, 0.25) is 0 Å². The van der Waals surface area contributed by atoms with E-state index in [4.69, 9.17) is 5.73 Å². The monoisotopic (exact) mass is 262 g/mol. The Bertz CT molecular complexity index is 459. The van der Waals surface area contributed by atoms with Crippen molar-refractivity contribution in [2.24, 2.45) is 11.7 Å². The highest BCUT2D eigenvalue weighted by atomic mass is 16.1. The summed E-state index contributed by atoms with van der Waals surface area (Å²) in [5.74, 6) is 0.950. The molecule has 5 nitrogen and oxygen atoms in total. The van der Waals surface area contributed by atoms with Crippen molar-refractivity contribution in [3.63, 3.8) is 0 Å². The number of amides is 1. The summed E-state index contributed by atoms with van der Waals surface area (Å²) in [5, 5.41) is 3.22. The number of hydrogen-bond acceptors (Lipinski definition) is 4. The minimum Gasteiger partial charge on any atom is -0.365 e. The lowest BCUT2D eigenvalue weighted by molar-refractivity contribution is 0.0999. The van der Waals surface area contributed by atoms with Crippen molar-refractivity contribution in [2.45, 2.75) is 19.8 Å². The molecular formula is C14H22N4O. The fourth-order valence-corrected chi connectivity index (χ4v) is 2.80. The van der Waals surface area contributed by atoms with Crippen LogP contribution in [0.3, 0.4) is 0 Å². The summed E-state index contributed by atoms with van der Waals surface area (Å²) in [7, 11) is 1.97. The first-order chi connectivity index (χ1) is 9.13. The molecule has 0 radical (unpaired) electrons. The molecule has 2 rings (SSSR count). The topological polar surface area (TPSA) is 71.2 Å². The van der Waals surface area contributed by atoms with Crippen LogP contribution in [0.1, 0.15) is 28.8 Å². The zero-order valence-electron chi connectivity index (χ0n) is 11.6. The summed E-state index contributed by atoms with van der Waals surface area (Å²) in [5.41, 5.74) is 6.96. The summed E-state index contributed by atoms with van der Waals surface area (Å²) >= 11 is 0. The third-order valence-corrected chi connectivity index (χ3v) is 3.70. The zero-order valence-corrected chi connectivity index (χ0v) is 11.6. The molecule has 1 aromatic heterocycles. The summed E-state index contributed by atoms with van der Waals surface area (Å²) in [6.07, 6.45) is 4.09. The molecule has 1 atom stereocenters. The van der Waals surface area contributed by atoms with Crippen molar-refractivity contribution < 1.29 is 4.79 Å². The SMILES string of the molecule is CNCC1CCCN(c2nccc(C)c2C(N)=O)C1. The molecule has 1 unspecified atom stereocenters. The van der Waals surface area contributed by atoms with E-state index < -0.39 is 5.91 Å². The number of nitrogens with one attached hydrogen (secondary N) is 1. The average molecular weight is 262 g/mol. The van der Waals surface area contributed by atoms with Gasteiger partial charge in [0.15, 0.2) is 0 Å². The molecule has 0 aliphatic carbocycles. The molecule has 1 fully saturated rings. The van der Waals surface area contributed by atoms with Crippen LogP contribution in [0, 0.1) is 12.8 Å². The number of pyridine rings is 1. The maximum absolute atomic E-state index is 11.6. The smallest absolute Gasteiger partial charge is 0.252 e. The van der Waals surface area contributed by atoms with E-state index in [1.807, 2.05) is 20.0 Å². The number of primary amides is 1. The van der Waals surface area contributed by atoms with Crippen molar-refractivity contribution in [3.05, 3.63) is 23.4 Å². The van der Waals surface area contributed by atoms with Gasteiger partial charge in [-0.15, -0.1) is 0 Å². The molecule has 1 aliphatic rings. The number of carbonyl (C=O) groups excluding carboxylic acids is 1. The van der Waals surface area contributed by atoms with Crippen LogP contribution in [-0.2, 0) is 0 Å². The lowest BCUT2D eigenvalue weighted by Gasteiger charge is -2.34. The first kappa shape index (κ1) is 13.8. The molecule has 1 amide bonds. The van der Waals surface area contributed by atoms with E-state index in [0.717, 1.165) is 37.4 Å². The molecule has 19 heavy (non-hydrogen) atoms. The largest absolute Gasteiger partial charge is 0.365 e. The fourth-order valence-electron chi connectivity index (χ4n) is 2.80. The van der Waals surface area contributed by atoms with E-state index in [-0.39, 0.29) is 0 Å². The number of nitrogens with two attached hydrogens (primary N) is 1. The van der Waals surface area contributed by atoms with Gasteiger partial charge < -0.3 is 16.0 Å². The predicted molar refractivity (Wildman–Crippen MR) is 76.4 cm³/mol. The molecule has 0 spiro atoms. The van der Waals surface area contributed by atoms with Gasteiger partial charge in [0.1, 0.15) is 5.82 Å². The third-order valence-electron chi connectivity index (χ3n) is 3.70. The molecule has 5 heteroatoms. The Kier molecular flexibility index (Phi) is 4.37.